The van der Waals surface area contributed by atoms with Crippen LogP contribution in [-0.2, 0) is 9.59 Å². The van der Waals surface area contributed by atoms with Crippen LogP contribution >= 0.6 is 0 Å². The van der Waals surface area contributed by atoms with Gasteiger partial charge in [0.15, 0.2) is 0 Å². The highest BCUT2D eigenvalue weighted by molar-refractivity contribution is 5.90. The third kappa shape index (κ3) is 2.68. The van der Waals surface area contributed by atoms with Gasteiger partial charge in [-0.1, -0.05) is 32.6 Å². The van der Waals surface area contributed by atoms with E-state index in [-0.39, 0.29) is 5.91 Å². The second-order valence-corrected chi connectivity index (χ2v) is 6.73. The van der Waals surface area contributed by atoms with E-state index < -0.39 is 16.9 Å². The van der Waals surface area contributed by atoms with Gasteiger partial charge in [0, 0.05) is 6.54 Å². The summed E-state index contributed by atoms with van der Waals surface area (Å²) in [5, 5.41) is 12.5. The zero-order valence-corrected chi connectivity index (χ0v) is 12.3. The van der Waals surface area contributed by atoms with Crippen molar-refractivity contribution in [1.82, 2.24) is 5.32 Å². The summed E-state index contributed by atoms with van der Waals surface area (Å²) in [5.41, 5.74) is 4.19. The molecule has 5 nitrogen and oxygen atoms in total. The van der Waals surface area contributed by atoms with Gasteiger partial charge < -0.3 is 16.2 Å². The molecule has 114 valence electrons. The third-order valence-electron chi connectivity index (χ3n) is 5.19. The van der Waals surface area contributed by atoms with Crippen LogP contribution in [0.3, 0.4) is 0 Å². The molecule has 0 aromatic rings. The number of nitrogens with two attached hydrogens (primary N) is 1. The number of hydrogen-bond acceptors (Lipinski definition) is 3. The van der Waals surface area contributed by atoms with Gasteiger partial charge in [-0.05, 0) is 31.6 Å². The van der Waals surface area contributed by atoms with Crippen molar-refractivity contribution in [2.45, 2.75) is 63.8 Å². The summed E-state index contributed by atoms with van der Waals surface area (Å²) in [4.78, 5) is 24.3. The molecular formula is C15H26N2O3. The van der Waals surface area contributed by atoms with Crippen LogP contribution < -0.4 is 11.1 Å². The Morgan fingerprint density at radius 2 is 1.90 bits per heavy atom. The summed E-state index contributed by atoms with van der Waals surface area (Å²) in [7, 11) is 0. The zero-order chi connectivity index (χ0) is 14.8. The van der Waals surface area contributed by atoms with Crippen molar-refractivity contribution < 1.29 is 14.7 Å². The van der Waals surface area contributed by atoms with Crippen molar-refractivity contribution in [2.75, 3.05) is 6.54 Å². The summed E-state index contributed by atoms with van der Waals surface area (Å²) in [6, 6.07) is 0. The van der Waals surface area contributed by atoms with Crippen LogP contribution in [0.4, 0.5) is 0 Å². The molecule has 20 heavy (non-hydrogen) atoms. The number of aliphatic carboxylic acids is 1. The first-order valence-corrected chi connectivity index (χ1v) is 7.70. The molecule has 2 unspecified atom stereocenters. The molecule has 0 spiro atoms. The smallest absolute Gasteiger partial charge is 0.329 e. The maximum absolute atomic E-state index is 12.6. The topological polar surface area (TPSA) is 92.4 Å². The molecule has 0 aromatic carbocycles. The van der Waals surface area contributed by atoms with E-state index in [2.05, 4.69) is 12.2 Å². The molecule has 2 aliphatic carbocycles. The van der Waals surface area contributed by atoms with Crippen LogP contribution in [0.2, 0.25) is 0 Å². The molecule has 2 saturated carbocycles. The van der Waals surface area contributed by atoms with Crippen LogP contribution in [-0.4, -0.2) is 29.1 Å². The number of carbonyl (C=O) groups excluding carboxylic acids is 1. The van der Waals surface area contributed by atoms with E-state index in [0.29, 0.717) is 25.3 Å². The minimum absolute atomic E-state index is 0.144. The molecule has 2 aliphatic rings. The van der Waals surface area contributed by atoms with Gasteiger partial charge in [0.2, 0.25) is 5.91 Å². The lowest BCUT2D eigenvalue weighted by atomic mass is 9.75. The first kappa shape index (κ1) is 15.3. The molecular weight excluding hydrogens is 256 g/mol. The highest BCUT2D eigenvalue weighted by atomic mass is 16.4. The van der Waals surface area contributed by atoms with Gasteiger partial charge in [-0.2, -0.15) is 0 Å². The summed E-state index contributed by atoms with van der Waals surface area (Å²) in [6.07, 6.45) is 6.49. The van der Waals surface area contributed by atoms with Crippen molar-refractivity contribution in [2.24, 2.45) is 17.1 Å². The average molecular weight is 282 g/mol. The summed E-state index contributed by atoms with van der Waals surface area (Å²) in [6.45, 7) is 2.36. The maximum atomic E-state index is 12.6. The fraction of sp³-hybridized carbons (Fsp3) is 0.867. The Hall–Kier alpha value is -1.10. The molecule has 5 heteroatoms. The molecule has 2 rings (SSSR count). The van der Waals surface area contributed by atoms with Crippen LogP contribution in [0, 0.1) is 11.3 Å². The Labute approximate surface area is 120 Å². The van der Waals surface area contributed by atoms with E-state index >= 15 is 0 Å². The van der Waals surface area contributed by atoms with E-state index in [9.17, 15) is 14.7 Å². The lowest BCUT2D eigenvalue weighted by Gasteiger charge is -2.39. The van der Waals surface area contributed by atoms with Gasteiger partial charge >= 0.3 is 5.97 Å². The van der Waals surface area contributed by atoms with Crippen LogP contribution in [0.25, 0.3) is 0 Å². The SMILES string of the molecule is CC1CCCC(NC(=O)C2(CN)CCCC2)(C(=O)O)C1. The largest absolute Gasteiger partial charge is 0.480 e. The first-order valence-electron chi connectivity index (χ1n) is 7.70. The summed E-state index contributed by atoms with van der Waals surface area (Å²) in [5.74, 6) is -0.714. The number of nitrogens with one attached hydrogen (secondary N) is 1. The molecule has 0 bridgehead atoms. The lowest BCUT2D eigenvalue weighted by molar-refractivity contribution is -0.152. The molecule has 0 heterocycles. The van der Waals surface area contributed by atoms with Gasteiger partial charge in [0.25, 0.3) is 0 Å². The van der Waals surface area contributed by atoms with E-state index in [1.165, 1.54) is 0 Å². The number of hydrogen-bond donors (Lipinski definition) is 3. The second-order valence-electron chi connectivity index (χ2n) is 6.73. The Morgan fingerprint density at radius 1 is 1.25 bits per heavy atom. The van der Waals surface area contributed by atoms with Crippen LogP contribution in [0.15, 0.2) is 0 Å². The normalized spacial score (nSPS) is 32.8. The van der Waals surface area contributed by atoms with E-state index in [1.54, 1.807) is 0 Å². The molecule has 2 atom stereocenters. The number of carbonyl (C=O) groups is 2. The van der Waals surface area contributed by atoms with Gasteiger partial charge in [-0.15, -0.1) is 0 Å². The third-order valence-corrected chi connectivity index (χ3v) is 5.19. The predicted molar refractivity (Wildman–Crippen MR) is 76.1 cm³/mol. The van der Waals surface area contributed by atoms with Gasteiger partial charge in [-0.25, -0.2) is 4.79 Å². The fourth-order valence-electron chi connectivity index (χ4n) is 3.84. The van der Waals surface area contributed by atoms with E-state index in [4.69, 9.17) is 5.73 Å². The minimum Gasteiger partial charge on any atom is -0.480 e. The lowest BCUT2D eigenvalue weighted by Crippen LogP contribution is -2.60. The maximum Gasteiger partial charge on any atom is 0.329 e. The van der Waals surface area contributed by atoms with Gasteiger partial charge in [-0.3, -0.25) is 4.79 Å². The van der Waals surface area contributed by atoms with Crippen molar-refractivity contribution in [1.29, 1.82) is 0 Å². The zero-order valence-electron chi connectivity index (χ0n) is 12.3. The second kappa shape index (κ2) is 5.72. The Bertz CT molecular complexity index is 391. The van der Waals surface area contributed by atoms with Crippen molar-refractivity contribution in [3.63, 3.8) is 0 Å². The molecule has 0 aliphatic heterocycles. The van der Waals surface area contributed by atoms with Gasteiger partial charge in [0.1, 0.15) is 5.54 Å². The Balaban J connectivity index is 2.16. The molecule has 0 radical (unpaired) electrons. The van der Waals surface area contributed by atoms with Crippen molar-refractivity contribution in [3.05, 3.63) is 0 Å². The van der Waals surface area contributed by atoms with Crippen molar-refractivity contribution in [3.8, 4) is 0 Å². The first-order chi connectivity index (χ1) is 9.44. The molecule has 4 N–H and O–H groups in total. The summed E-state index contributed by atoms with van der Waals surface area (Å²) >= 11 is 0. The average Bonchev–Trinajstić information content (AvgIpc) is 2.88. The summed E-state index contributed by atoms with van der Waals surface area (Å²) < 4.78 is 0. The molecule has 0 saturated heterocycles. The number of rotatable bonds is 4. The number of carboxylic acid groups (broad SMARTS) is 1. The van der Waals surface area contributed by atoms with E-state index in [0.717, 1.165) is 38.5 Å². The van der Waals surface area contributed by atoms with E-state index in [1.807, 2.05) is 0 Å². The fourth-order valence-corrected chi connectivity index (χ4v) is 3.84. The highest BCUT2D eigenvalue weighted by Gasteiger charge is 2.48. The number of carboxylic acids is 1. The molecule has 1 amide bonds. The Morgan fingerprint density at radius 3 is 2.40 bits per heavy atom. The quantitative estimate of drug-likeness (QED) is 0.731. The van der Waals surface area contributed by atoms with Gasteiger partial charge in [0.05, 0.1) is 5.41 Å². The minimum atomic E-state index is -1.08. The predicted octanol–water partition coefficient (Wildman–Crippen LogP) is 1.66. The van der Waals surface area contributed by atoms with Crippen molar-refractivity contribution >= 4 is 11.9 Å². The van der Waals surface area contributed by atoms with Crippen LogP contribution in [0.5, 0.6) is 0 Å². The number of amides is 1. The van der Waals surface area contributed by atoms with Crippen LogP contribution in [0.1, 0.15) is 58.3 Å². The monoisotopic (exact) mass is 282 g/mol. The standard InChI is InChI=1S/C15H26N2O3/c1-11-5-4-8-15(9-11,13(19)20)17-12(18)14(10-16)6-2-3-7-14/h11H,2-10,16H2,1H3,(H,17,18)(H,19,20). The highest BCUT2D eigenvalue weighted by Crippen LogP contribution is 2.39. The molecule has 2 fully saturated rings. The molecule has 0 aromatic heterocycles. The Kier molecular flexibility index (Phi) is 4.37.